The van der Waals surface area contributed by atoms with Gasteiger partial charge in [0.25, 0.3) is 0 Å². The van der Waals surface area contributed by atoms with Gasteiger partial charge in [-0.05, 0) is 42.4 Å². The van der Waals surface area contributed by atoms with Crippen LogP contribution in [0.5, 0.6) is 0 Å². The zero-order valence-electron chi connectivity index (χ0n) is 17.7. The van der Waals surface area contributed by atoms with Gasteiger partial charge < -0.3 is 10.2 Å². The first-order valence-electron chi connectivity index (χ1n) is 10.4. The highest BCUT2D eigenvalue weighted by Gasteiger charge is 2.16. The molecule has 1 aliphatic heterocycles. The first kappa shape index (κ1) is 23.7. The average Bonchev–Trinajstić information content (AvgIpc) is 2.75. The van der Waals surface area contributed by atoms with Crippen molar-refractivity contribution in [2.45, 2.75) is 24.8 Å². The summed E-state index contributed by atoms with van der Waals surface area (Å²) in [6, 6.07) is 13.8. The van der Waals surface area contributed by atoms with E-state index in [0.29, 0.717) is 10.7 Å². The van der Waals surface area contributed by atoms with E-state index in [-0.39, 0.29) is 23.8 Å². The molecule has 31 heavy (non-hydrogen) atoms. The predicted octanol–water partition coefficient (Wildman–Crippen LogP) is 2.78. The fraction of sp³-hybridized carbons (Fsp3) is 0.409. The minimum Gasteiger partial charge on any atom is -0.326 e. The molecule has 0 spiro atoms. The van der Waals surface area contributed by atoms with Gasteiger partial charge in [0.2, 0.25) is 15.9 Å². The molecule has 9 heteroatoms. The van der Waals surface area contributed by atoms with Crippen LogP contribution >= 0.6 is 11.6 Å². The maximum atomic E-state index is 12.3. The zero-order chi connectivity index (χ0) is 22.3. The van der Waals surface area contributed by atoms with Crippen molar-refractivity contribution in [2.75, 3.05) is 44.6 Å². The van der Waals surface area contributed by atoms with Gasteiger partial charge in [0.15, 0.2) is 0 Å². The molecule has 2 aromatic carbocycles. The maximum Gasteiger partial charge on any atom is 0.240 e. The van der Waals surface area contributed by atoms with E-state index in [2.05, 4.69) is 26.8 Å². The van der Waals surface area contributed by atoms with E-state index in [1.54, 1.807) is 12.1 Å². The monoisotopic (exact) mass is 464 g/mol. The van der Waals surface area contributed by atoms with Crippen molar-refractivity contribution in [1.82, 2.24) is 14.5 Å². The van der Waals surface area contributed by atoms with E-state index in [1.807, 2.05) is 24.3 Å². The van der Waals surface area contributed by atoms with Crippen molar-refractivity contribution in [1.29, 1.82) is 0 Å². The van der Waals surface area contributed by atoms with Gasteiger partial charge in [0.1, 0.15) is 0 Å². The first-order valence-corrected chi connectivity index (χ1v) is 12.3. The van der Waals surface area contributed by atoms with Crippen LogP contribution in [0.15, 0.2) is 53.4 Å². The Hall–Kier alpha value is -1.97. The van der Waals surface area contributed by atoms with Crippen molar-refractivity contribution in [2.24, 2.45) is 0 Å². The molecule has 1 heterocycles. The van der Waals surface area contributed by atoms with Gasteiger partial charge in [0, 0.05) is 56.4 Å². The number of anilines is 1. The lowest BCUT2D eigenvalue weighted by atomic mass is 10.1. The number of halogens is 1. The lowest BCUT2D eigenvalue weighted by Crippen LogP contribution is -2.45. The Morgan fingerprint density at radius 2 is 1.71 bits per heavy atom. The summed E-state index contributed by atoms with van der Waals surface area (Å²) in [4.78, 5) is 17.1. The molecule has 0 saturated carbocycles. The number of amides is 1. The number of hydrogen-bond acceptors (Lipinski definition) is 5. The van der Waals surface area contributed by atoms with E-state index in [4.69, 9.17) is 11.6 Å². The summed E-state index contributed by atoms with van der Waals surface area (Å²) in [5.41, 5.74) is 1.90. The fourth-order valence-electron chi connectivity index (χ4n) is 3.46. The quantitative estimate of drug-likeness (QED) is 0.596. The van der Waals surface area contributed by atoms with Gasteiger partial charge >= 0.3 is 0 Å². The molecule has 1 saturated heterocycles. The Bertz CT molecular complexity index is 975. The number of carbonyl (C=O) groups is 1. The highest BCUT2D eigenvalue weighted by Crippen LogP contribution is 2.16. The Morgan fingerprint density at radius 3 is 2.35 bits per heavy atom. The minimum atomic E-state index is -3.70. The molecule has 1 fully saturated rings. The van der Waals surface area contributed by atoms with Gasteiger partial charge in [-0.2, -0.15) is 0 Å². The summed E-state index contributed by atoms with van der Waals surface area (Å²) in [6.07, 6.45) is 0.0310. The van der Waals surface area contributed by atoms with Crippen LogP contribution in [0.3, 0.4) is 0 Å². The molecular weight excluding hydrogens is 436 g/mol. The molecule has 1 amide bonds. The number of nitrogens with zero attached hydrogens (tertiary/aromatic N) is 2. The number of rotatable bonds is 9. The molecule has 0 unspecified atom stereocenters. The second kappa shape index (κ2) is 11.1. The number of sulfonamides is 1. The van der Waals surface area contributed by atoms with Crippen LogP contribution in [0, 0.1) is 0 Å². The van der Waals surface area contributed by atoms with Crippen LogP contribution in [0.2, 0.25) is 5.02 Å². The number of nitrogens with one attached hydrogen (secondary N) is 2. The molecule has 1 aliphatic rings. The van der Waals surface area contributed by atoms with Gasteiger partial charge in [0.05, 0.1) is 4.90 Å². The smallest absolute Gasteiger partial charge is 0.240 e. The highest BCUT2D eigenvalue weighted by molar-refractivity contribution is 7.89. The molecule has 2 N–H and O–H groups in total. The lowest BCUT2D eigenvalue weighted by Gasteiger charge is -2.34. The van der Waals surface area contributed by atoms with Crippen molar-refractivity contribution >= 4 is 33.2 Å². The third-order valence-electron chi connectivity index (χ3n) is 5.31. The second-order valence-corrected chi connectivity index (χ2v) is 9.76. The number of benzene rings is 2. The van der Waals surface area contributed by atoms with Crippen molar-refractivity contribution in [3.63, 3.8) is 0 Å². The van der Waals surface area contributed by atoms with Crippen molar-refractivity contribution in [3.05, 3.63) is 59.1 Å². The molecule has 2 aromatic rings. The van der Waals surface area contributed by atoms with Crippen molar-refractivity contribution in [3.8, 4) is 0 Å². The largest absolute Gasteiger partial charge is 0.326 e. The number of piperazine rings is 1. The molecule has 0 radical (unpaired) electrons. The third kappa shape index (κ3) is 7.29. The average molecular weight is 465 g/mol. The normalized spacial score (nSPS) is 15.7. The topological polar surface area (TPSA) is 81.8 Å². The summed E-state index contributed by atoms with van der Waals surface area (Å²) in [6.45, 7) is 8.53. The number of hydrogen-bond donors (Lipinski definition) is 2. The molecule has 7 nitrogen and oxygen atoms in total. The molecule has 0 aromatic heterocycles. The lowest BCUT2D eigenvalue weighted by molar-refractivity contribution is -0.116. The predicted molar refractivity (Wildman–Crippen MR) is 124 cm³/mol. The van der Waals surface area contributed by atoms with Crippen LogP contribution in [0.4, 0.5) is 5.69 Å². The number of likely N-dealkylation sites (N-methyl/N-ethyl adjacent to an activating group) is 1. The Labute approximate surface area is 189 Å². The molecule has 0 bridgehead atoms. The van der Waals surface area contributed by atoms with Gasteiger partial charge in [-0.25, -0.2) is 13.1 Å². The van der Waals surface area contributed by atoms with Gasteiger partial charge in [-0.15, -0.1) is 0 Å². The first-order chi connectivity index (χ1) is 14.9. The van der Waals surface area contributed by atoms with E-state index < -0.39 is 10.0 Å². The summed E-state index contributed by atoms with van der Waals surface area (Å²) in [5.74, 6) is -0.253. The Morgan fingerprint density at radius 1 is 1.03 bits per heavy atom. The van der Waals surface area contributed by atoms with Crippen LogP contribution < -0.4 is 10.0 Å². The summed E-state index contributed by atoms with van der Waals surface area (Å²) >= 11 is 5.84. The second-order valence-electron chi connectivity index (χ2n) is 7.56. The highest BCUT2D eigenvalue weighted by atomic mass is 35.5. The molecule has 0 atom stereocenters. The molecule has 168 valence electrons. The standard InChI is InChI=1S/C22H29ClN4O3S/c1-2-26-12-14-27(15-13-26)17-18-6-8-20(9-7-18)25-22(28)10-11-24-31(29,30)21-5-3-4-19(23)16-21/h3-9,16,24H,2,10-15,17H2,1H3,(H,25,28). The van der Waals surface area contributed by atoms with Crippen LogP contribution in [-0.4, -0.2) is 63.4 Å². The minimum absolute atomic E-state index is 0.00248. The SMILES string of the molecule is CCN1CCN(Cc2ccc(NC(=O)CCNS(=O)(=O)c3cccc(Cl)c3)cc2)CC1. The molecular formula is C22H29ClN4O3S. The molecule has 3 rings (SSSR count). The summed E-state index contributed by atoms with van der Waals surface area (Å²) in [5, 5.41) is 3.15. The van der Waals surface area contributed by atoms with Gasteiger partial charge in [-0.3, -0.25) is 9.69 Å². The van der Waals surface area contributed by atoms with E-state index >= 15 is 0 Å². The van der Waals surface area contributed by atoms with Gasteiger partial charge in [-0.1, -0.05) is 36.7 Å². The van der Waals surface area contributed by atoms with Crippen LogP contribution in [-0.2, 0) is 21.4 Å². The van der Waals surface area contributed by atoms with Crippen molar-refractivity contribution < 1.29 is 13.2 Å². The maximum absolute atomic E-state index is 12.3. The van der Waals surface area contributed by atoms with Crippen LogP contribution in [0.25, 0.3) is 0 Å². The summed E-state index contributed by atoms with van der Waals surface area (Å²) < 4.78 is 26.9. The number of carbonyl (C=O) groups excluding carboxylic acids is 1. The van der Waals surface area contributed by atoms with Crippen LogP contribution in [0.1, 0.15) is 18.9 Å². The third-order valence-corrected chi connectivity index (χ3v) is 7.00. The zero-order valence-corrected chi connectivity index (χ0v) is 19.3. The summed E-state index contributed by atoms with van der Waals surface area (Å²) in [7, 11) is -3.70. The van der Waals surface area contributed by atoms with E-state index in [0.717, 1.165) is 39.3 Å². The fourth-order valence-corrected chi connectivity index (χ4v) is 4.79. The Kier molecular flexibility index (Phi) is 8.45. The van der Waals surface area contributed by atoms with E-state index in [1.165, 1.54) is 17.7 Å². The Balaban J connectivity index is 1.42. The molecule has 0 aliphatic carbocycles. The van der Waals surface area contributed by atoms with E-state index in [9.17, 15) is 13.2 Å².